The van der Waals surface area contributed by atoms with Gasteiger partial charge in [-0.15, -0.1) is 0 Å². The highest BCUT2D eigenvalue weighted by atomic mass is 16.3. The lowest BCUT2D eigenvalue weighted by Crippen LogP contribution is -2.02. The van der Waals surface area contributed by atoms with Crippen LogP contribution in [0.4, 0.5) is 0 Å². The average molecular weight is 482 g/mol. The number of ketones is 2. The van der Waals surface area contributed by atoms with Crippen LogP contribution in [0, 0.1) is 0 Å². The van der Waals surface area contributed by atoms with Crippen LogP contribution in [0.2, 0.25) is 0 Å². The van der Waals surface area contributed by atoms with Crippen LogP contribution in [0.3, 0.4) is 0 Å². The van der Waals surface area contributed by atoms with Gasteiger partial charge < -0.3 is 10.2 Å². The first-order valence-corrected chi connectivity index (χ1v) is 12.0. The molecule has 4 nitrogen and oxygen atoms in total. The number of aliphatic hydroxyl groups excluding tert-OH is 1. The van der Waals surface area contributed by atoms with E-state index in [0.717, 1.165) is 21.5 Å². The summed E-state index contributed by atoms with van der Waals surface area (Å²) in [7, 11) is 0. The van der Waals surface area contributed by atoms with Crippen LogP contribution in [-0.2, 0) is 0 Å². The zero-order valence-corrected chi connectivity index (χ0v) is 19.7. The predicted octanol–water partition coefficient (Wildman–Crippen LogP) is 5.79. The molecule has 0 aromatic heterocycles. The summed E-state index contributed by atoms with van der Waals surface area (Å²) in [6, 6.07) is 22.6. The van der Waals surface area contributed by atoms with E-state index in [2.05, 4.69) is 0 Å². The fourth-order valence-electron chi connectivity index (χ4n) is 4.96. The Morgan fingerprint density at radius 3 is 1.86 bits per heavy atom. The maximum absolute atomic E-state index is 12.8. The van der Waals surface area contributed by atoms with Crippen molar-refractivity contribution in [1.82, 2.24) is 0 Å². The third-order valence-corrected chi connectivity index (χ3v) is 6.86. The zero-order chi connectivity index (χ0) is 25.5. The van der Waals surface area contributed by atoms with Crippen molar-refractivity contribution in [2.24, 2.45) is 0 Å². The summed E-state index contributed by atoms with van der Waals surface area (Å²) in [5.74, 6) is -0.711. The Kier molecular flexibility index (Phi) is 5.52. The van der Waals surface area contributed by atoms with Crippen molar-refractivity contribution in [2.75, 3.05) is 0 Å². The van der Waals surface area contributed by atoms with Crippen LogP contribution >= 0.6 is 0 Å². The van der Waals surface area contributed by atoms with Gasteiger partial charge >= 0.3 is 0 Å². The van der Waals surface area contributed by atoms with E-state index in [1.54, 1.807) is 48.6 Å². The molecule has 2 aliphatic carbocycles. The lowest BCUT2D eigenvalue weighted by molar-refractivity contribution is -0.244. The standard InChI is InChI=1S/C33H22O4/c34-30-24(31(35)27-17-21-11-7-6-10-20(21)16-26(27)30)14-4-2-1-3-5-15-25-32(36)28-18-22-12-8-9-13-23(22)19-29(28)33(25)37/h1-19,30,34,36H/p-1/b3-1+,4-2+,15-5+,24-14+. The van der Waals surface area contributed by atoms with E-state index in [0.29, 0.717) is 27.8 Å². The number of aliphatic hydroxyl groups is 1. The monoisotopic (exact) mass is 481 g/mol. The van der Waals surface area contributed by atoms with Gasteiger partial charge in [0.05, 0.1) is 0 Å². The first-order chi connectivity index (χ1) is 18.0. The zero-order valence-electron chi connectivity index (χ0n) is 19.7. The van der Waals surface area contributed by atoms with Gasteiger partial charge in [-0.2, -0.15) is 0 Å². The van der Waals surface area contributed by atoms with Gasteiger partial charge in [-0.25, -0.2) is 0 Å². The molecule has 2 aliphatic rings. The van der Waals surface area contributed by atoms with Crippen LogP contribution in [0.15, 0.2) is 126 Å². The summed E-state index contributed by atoms with van der Waals surface area (Å²) in [5, 5.41) is 27.3. The minimum atomic E-state index is -0.963. The molecule has 0 saturated heterocycles. The molecule has 0 radical (unpaired) electrons. The number of hydrogen-bond donors (Lipinski definition) is 1. The van der Waals surface area contributed by atoms with Gasteiger partial charge in [0, 0.05) is 22.3 Å². The molecule has 0 aliphatic heterocycles. The maximum atomic E-state index is 12.8. The van der Waals surface area contributed by atoms with Crippen molar-refractivity contribution >= 4 is 38.9 Å². The van der Waals surface area contributed by atoms with Gasteiger partial charge in [0.1, 0.15) is 6.10 Å². The second-order valence-electron chi connectivity index (χ2n) is 9.09. The number of allylic oxidation sites excluding steroid dienone is 8. The summed E-state index contributed by atoms with van der Waals surface area (Å²) in [5.41, 5.74) is 2.50. The van der Waals surface area contributed by atoms with E-state index >= 15 is 0 Å². The van der Waals surface area contributed by atoms with Gasteiger partial charge in [-0.1, -0.05) is 96.8 Å². The normalized spacial score (nSPS) is 18.5. The van der Waals surface area contributed by atoms with E-state index in [-0.39, 0.29) is 22.9 Å². The van der Waals surface area contributed by atoms with Crippen LogP contribution < -0.4 is 5.11 Å². The molecule has 4 aromatic rings. The molecule has 0 heterocycles. The summed E-state index contributed by atoms with van der Waals surface area (Å²) < 4.78 is 0. The predicted molar refractivity (Wildman–Crippen MR) is 144 cm³/mol. The number of carbonyl (C=O) groups excluding carboxylic acids is 2. The number of hydrogen-bond acceptors (Lipinski definition) is 4. The number of carbonyl (C=O) groups is 2. The Morgan fingerprint density at radius 2 is 1.19 bits per heavy atom. The van der Waals surface area contributed by atoms with Gasteiger partial charge in [-0.05, 0) is 56.9 Å². The van der Waals surface area contributed by atoms with Crippen molar-refractivity contribution in [1.29, 1.82) is 0 Å². The molecule has 6 rings (SSSR count). The molecule has 4 aromatic carbocycles. The van der Waals surface area contributed by atoms with E-state index in [4.69, 9.17) is 0 Å². The smallest absolute Gasteiger partial charge is 0.193 e. The quantitative estimate of drug-likeness (QED) is 0.296. The molecule has 178 valence electrons. The van der Waals surface area contributed by atoms with Crippen LogP contribution in [0.25, 0.3) is 27.3 Å². The van der Waals surface area contributed by atoms with E-state index < -0.39 is 6.10 Å². The third kappa shape index (κ3) is 3.84. The van der Waals surface area contributed by atoms with E-state index in [9.17, 15) is 19.8 Å². The molecule has 1 atom stereocenters. The van der Waals surface area contributed by atoms with Gasteiger partial charge in [0.15, 0.2) is 11.6 Å². The number of benzene rings is 4. The van der Waals surface area contributed by atoms with Crippen LogP contribution in [-0.4, -0.2) is 16.7 Å². The molecule has 0 amide bonds. The Morgan fingerprint density at radius 1 is 0.649 bits per heavy atom. The second kappa shape index (κ2) is 9.01. The lowest BCUT2D eigenvalue weighted by atomic mass is 10.0. The maximum Gasteiger partial charge on any atom is 0.193 e. The van der Waals surface area contributed by atoms with Crippen molar-refractivity contribution in [3.05, 3.63) is 149 Å². The number of fused-ring (bicyclic) bond motifs is 4. The van der Waals surface area contributed by atoms with E-state index in [1.165, 1.54) is 6.08 Å². The highest BCUT2D eigenvalue weighted by Crippen LogP contribution is 2.38. The van der Waals surface area contributed by atoms with Gasteiger partial charge in [0.25, 0.3) is 0 Å². The molecular formula is C33H21O4-. The molecule has 0 saturated carbocycles. The second-order valence-corrected chi connectivity index (χ2v) is 9.09. The molecule has 4 heteroatoms. The number of Topliss-reactive ketones (excluding diaryl/α,β-unsaturated/α-hetero) is 2. The summed E-state index contributed by atoms with van der Waals surface area (Å²) in [6.07, 6.45) is 10.7. The average Bonchev–Trinajstić information content (AvgIpc) is 3.29. The van der Waals surface area contributed by atoms with Crippen molar-refractivity contribution in [2.45, 2.75) is 6.10 Å². The van der Waals surface area contributed by atoms with Gasteiger partial charge in [0.2, 0.25) is 0 Å². The Balaban J connectivity index is 1.16. The largest absolute Gasteiger partial charge is 0.872 e. The highest BCUT2D eigenvalue weighted by Gasteiger charge is 2.33. The Labute approximate surface area is 213 Å². The highest BCUT2D eigenvalue weighted by molar-refractivity contribution is 6.22. The van der Waals surface area contributed by atoms with Gasteiger partial charge in [-0.3, -0.25) is 9.59 Å². The SMILES string of the molecule is O=C1C(/C=C/C=C/C=C/C=C2/C(=O)c3cc4ccccc4cc3C2O)=C([O-])c2cc3ccccc3cc21. The molecule has 1 unspecified atom stereocenters. The molecule has 1 N–H and O–H groups in total. The minimum Gasteiger partial charge on any atom is -0.872 e. The fourth-order valence-corrected chi connectivity index (χ4v) is 4.96. The molecule has 0 bridgehead atoms. The number of rotatable bonds is 4. The molecule has 37 heavy (non-hydrogen) atoms. The first-order valence-electron chi connectivity index (χ1n) is 12.0. The van der Waals surface area contributed by atoms with Crippen molar-refractivity contribution in [3.63, 3.8) is 0 Å². The molecule has 0 spiro atoms. The first kappa shape index (κ1) is 22.7. The topological polar surface area (TPSA) is 77.4 Å². The summed E-state index contributed by atoms with van der Waals surface area (Å²) >= 11 is 0. The minimum absolute atomic E-state index is 0.144. The lowest BCUT2D eigenvalue weighted by Gasteiger charge is -2.10. The fraction of sp³-hybridized carbons (Fsp3) is 0.0303. The van der Waals surface area contributed by atoms with Crippen molar-refractivity contribution in [3.8, 4) is 0 Å². The Bertz CT molecular complexity index is 1780. The van der Waals surface area contributed by atoms with Crippen molar-refractivity contribution < 1.29 is 19.8 Å². The van der Waals surface area contributed by atoms with Crippen LogP contribution in [0.1, 0.15) is 37.9 Å². The Hall–Kier alpha value is -4.80. The third-order valence-electron chi connectivity index (χ3n) is 6.86. The summed E-state index contributed by atoms with van der Waals surface area (Å²) in [4.78, 5) is 25.6. The van der Waals surface area contributed by atoms with E-state index in [1.807, 2.05) is 60.7 Å². The van der Waals surface area contributed by atoms with Crippen LogP contribution in [0.5, 0.6) is 0 Å². The molecular weight excluding hydrogens is 460 g/mol. The summed E-state index contributed by atoms with van der Waals surface area (Å²) in [6.45, 7) is 0. The molecule has 0 fully saturated rings.